The van der Waals surface area contributed by atoms with Gasteiger partial charge >= 0.3 is 0 Å². The highest BCUT2D eigenvalue weighted by molar-refractivity contribution is 7.21. The number of anilines is 1. The number of benzene rings is 2. The van der Waals surface area contributed by atoms with Crippen LogP contribution in [-0.4, -0.2) is 55.0 Å². The number of amides is 1. The van der Waals surface area contributed by atoms with Crippen molar-refractivity contribution < 1.29 is 28.5 Å². The van der Waals surface area contributed by atoms with Crippen LogP contribution in [0.2, 0.25) is 0 Å². The van der Waals surface area contributed by atoms with Crippen molar-refractivity contribution in [1.29, 1.82) is 0 Å². The van der Waals surface area contributed by atoms with E-state index in [1.165, 1.54) is 11.3 Å². The lowest BCUT2D eigenvalue weighted by atomic mass is 10.2. The Kier molecular flexibility index (Phi) is 6.45. The van der Waals surface area contributed by atoms with E-state index in [1.54, 1.807) is 46.6 Å². The van der Waals surface area contributed by atoms with E-state index in [9.17, 15) is 4.79 Å². The van der Waals surface area contributed by atoms with Gasteiger partial charge < -0.3 is 23.7 Å². The quantitative estimate of drug-likeness (QED) is 0.378. The maximum atomic E-state index is 13.0. The monoisotopic (exact) mass is 471 g/mol. The van der Waals surface area contributed by atoms with E-state index < -0.39 is 5.91 Å². The van der Waals surface area contributed by atoms with Crippen LogP contribution >= 0.6 is 11.3 Å². The zero-order chi connectivity index (χ0) is 23.4. The van der Waals surface area contributed by atoms with Gasteiger partial charge in [-0.3, -0.25) is 10.1 Å². The number of methoxy groups -OCH3 is 4. The van der Waals surface area contributed by atoms with Crippen LogP contribution in [0.5, 0.6) is 28.7 Å². The number of aromatic amines is 1. The zero-order valence-corrected chi connectivity index (χ0v) is 19.1. The Morgan fingerprint density at radius 2 is 1.67 bits per heavy atom. The summed E-state index contributed by atoms with van der Waals surface area (Å²) in [6.45, 7) is 0.163. The molecule has 0 atom stereocenters. The van der Waals surface area contributed by atoms with Gasteiger partial charge in [0, 0.05) is 22.2 Å². The average Bonchev–Trinajstić information content (AvgIpc) is 3.48. The number of nitrogens with zero attached hydrogens (tertiary/aromatic N) is 3. The molecule has 2 heterocycles. The highest BCUT2D eigenvalue weighted by Gasteiger charge is 2.23. The predicted molar refractivity (Wildman–Crippen MR) is 121 cm³/mol. The van der Waals surface area contributed by atoms with E-state index >= 15 is 0 Å². The highest BCUT2D eigenvalue weighted by Crippen LogP contribution is 2.44. The number of carbonyl (C=O) groups excluding carboxylic acids is 1. The average molecular weight is 471 g/mol. The van der Waals surface area contributed by atoms with Gasteiger partial charge in [-0.1, -0.05) is 5.10 Å². The number of hydrogen-bond donors (Lipinski definition) is 2. The third-order valence-electron chi connectivity index (χ3n) is 4.72. The Morgan fingerprint density at radius 1 is 0.970 bits per heavy atom. The lowest BCUT2D eigenvalue weighted by Crippen LogP contribution is -2.13. The van der Waals surface area contributed by atoms with E-state index in [0.29, 0.717) is 39.0 Å². The lowest BCUT2D eigenvalue weighted by Gasteiger charge is -2.12. The smallest absolute Gasteiger partial charge is 0.272 e. The third-order valence-corrected chi connectivity index (χ3v) is 5.85. The molecule has 33 heavy (non-hydrogen) atoms. The Labute approximate surface area is 192 Å². The molecule has 1 amide bonds. The van der Waals surface area contributed by atoms with Gasteiger partial charge in [0.1, 0.15) is 23.0 Å². The fourth-order valence-corrected chi connectivity index (χ4v) is 4.22. The molecule has 4 rings (SSSR count). The summed E-state index contributed by atoms with van der Waals surface area (Å²) in [6.07, 6.45) is 0. The number of hydrogen-bond acceptors (Lipinski definition) is 10. The first-order valence-electron chi connectivity index (χ1n) is 9.64. The Hall–Kier alpha value is -4.06. The molecule has 2 N–H and O–H groups in total. The first-order valence-corrected chi connectivity index (χ1v) is 10.5. The molecule has 0 unspecified atom stereocenters. The molecule has 0 radical (unpaired) electrons. The van der Waals surface area contributed by atoms with Gasteiger partial charge in [-0.15, -0.1) is 16.4 Å². The summed E-state index contributed by atoms with van der Waals surface area (Å²) in [5.74, 6) is 2.32. The Morgan fingerprint density at radius 3 is 2.27 bits per heavy atom. The summed E-state index contributed by atoms with van der Waals surface area (Å²) in [5.41, 5.74) is 0.801. The molecule has 172 valence electrons. The molecule has 4 aromatic rings. The van der Waals surface area contributed by atoms with Crippen molar-refractivity contribution in [3.05, 3.63) is 40.8 Å². The van der Waals surface area contributed by atoms with E-state index in [1.807, 2.05) is 12.1 Å². The predicted octanol–water partition coefficient (Wildman–Crippen LogP) is 3.28. The van der Waals surface area contributed by atoms with Crippen molar-refractivity contribution >= 4 is 33.3 Å². The fraction of sp³-hybridized carbons (Fsp3) is 0.238. The number of tetrazole rings is 1. The molecule has 2 aromatic carbocycles. The van der Waals surface area contributed by atoms with Crippen LogP contribution in [0.4, 0.5) is 5.95 Å². The summed E-state index contributed by atoms with van der Waals surface area (Å²) in [6, 6.07) is 9.01. The van der Waals surface area contributed by atoms with E-state index in [-0.39, 0.29) is 12.6 Å². The second kappa shape index (κ2) is 9.61. The van der Waals surface area contributed by atoms with E-state index in [0.717, 1.165) is 10.3 Å². The summed E-state index contributed by atoms with van der Waals surface area (Å²) < 4.78 is 28.4. The second-order valence-electron chi connectivity index (χ2n) is 6.66. The van der Waals surface area contributed by atoms with Gasteiger partial charge in [0.05, 0.1) is 28.4 Å². The summed E-state index contributed by atoms with van der Waals surface area (Å²) in [4.78, 5) is 13.4. The van der Waals surface area contributed by atoms with Crippen LogP contribution in [0.3, 0.4) is 0 Å². The molecule has 0 bridgehead atoms. The number of rotatable bonds is 9. The maximum absolute atomic E-state index is 13.0. The second-order valence-corrected chi connectivity index (χ2v) is 7.71. The van der Waals surface area contributed by atoms with Gasteiger partial charge in [0.15, 0.2) is 17.2 Å². The van der Waals surface area contributed by atoms with Gasteiger partial charge in [-0.05, 0) is 29.0 Å². The molecule has 0 saturated heterocycles. The minimum absolute atomic E-state index is 0.0519. The number of aromatic nitrogens is 4. The Balaban J connectivity index is 1.74. The van der Waals surface area contributed by atoms with Gasteiger partial charge in [-0.2, -0.15) is 5.21 Å². The first kappa shape index (κ1) is 22.1. The molecule has 11 nitrogen and oxygen atoms in total. The zero-order valence-electron chi connectivity index (χ0n) is 18.3. The van der Waals surface area contributed by atoms with Crippen molar-refractivity contribution in [3.63, 3.8) is 0 Å². The largest absolute Gasteiger partial charge is 0.497 e. The normalized spacial score (nSPS) is 10.7. The fourth-order valence-electron chi connectivity index (χ4n) is 3.17. The number of ether oxygens (including phenoxy) is 5. The molecule has 0 aliphatic rings. The van der Waals surface area contributed by atoms with Crippen LogP contribution in [0.15, 0.2) is 30.3 Å². The first-order chi connectivity index (χ1) is 16.1. The number of fused-ring (bicyclic) bond motifs is 1. The lowest BCUT2D eigenvalue weighted by molar-refractivity contribution is 0.102. The molecular formula is C21H21N5O6S. The molecule has 0 fully saturated rings. The molecule has 0 aliphatic heterocycles. The highest BCUT2D eigenvalue weighted by atomic mass is 32.1. The van der Waals surface area contributed by atoms with Crippen LogP contribution in [-0.2, 0) is 6.61 Å². The maximum Gasteiger partial charge on any atom is 0.272 e. The van der Waals surface area contributed by atoms with E-state index in [4.69, 9.17) is 23.7 Å². The van der Waals surface area contributed by atoms with Crippen molar-refractivity contribution in [3.8, 4) is 28.7 Å². The van der Waals surface area contributed by atoms with Crippen LogP contribution in [0, 0.1) is 0 Å². The molecule has 0 aliphatic carbocycles. The SMILES string of the molecule is COc1cc(COc2c(C(=O)Nc3nn[nH]n3)sc3cc(OC)c(OC)cc23)cc(OC)c1. The van der Waals surface area contributed by atoms with Gasteiger partial charge in [0.25, 0.3) is 11.9 Å². The van der Waals surface area contributed by atoms with Gasteiger partial charge in [0.2, 0.25) is 0 Å². The number of carbonyl (C=O) groups is 1. The van der Waals surface area contributed by atoms with Crippen LogP contribution in [0.25, 0.3) is 10.1 Å². The van der Waals surface area contributed by atoms with Gasteiger partial charge in [-0.25, -0.2) is 0 Å². The van der Waals surface area contributed by atoms with Crippen molar-refractivity contribution in [2.75, 3.05) is 33.8 Å². The molecule has 0 saturated carbocycles. The standard InChI is InChI=1S/C21H21N5O6S/c1-28-12-5-11(6-13(7-12)29-2)10-32-18-14-8-15(30-3)16(31-4)9-17(14)33-19(18)20(27)22-21-23-25-26-24-21/h5-9H,10H2,1-4H3,(H2,22,23,24,25,26,27). The minimum atomic E-state index is -0.436. The van der Waals surface area contributed by atoms with Crippen molar-refractivity contribution in [2.45, 2.75) is 6.61 Å². The molecule has 0 spiro atoms. The summed E-state index contributed by atoms with van der Waals surface area (Å²) >= 11 is 1.24. The van der Waals surface area contributed by atoms with Crippen LogP contribution < -0.4 is 29.0 Å². The summed E-state index contributed by atoms with van der Waals surface area (Å²) in [5, 5.41) is 16.6. The molecule has 2 aromatic heterocycles. The summed E-state index contributed by atoms with van der Waals surface area (Å²) in [7, 11) is 6.25. The van der Waals surface area contributed by atoms with Crippen molar-refractivity contribution in [1.82, 2.24) is 20.6 Å². The minimum Gasteiger partial charge on any atom is -0.497 e. The van der Waals surface area contributed by atoms with Crippen LogP contribution in [0.1, 0.15) is 15.2 Å². The number of nitrogens with one attached hydrogen (secondary N) is 2. The third kappa shape index (κ3) is 4.60. The number of thiophene rings is 1. The molecular weight excluding hydrogens is 450 g/mol. The van der Waals surface area contributed by atoms with Crippen molar-refractivity contribution in [2.24, 2.45) is 0 Å². The number of H-pyrrole nitrogens is 1. The Bertz CT molecular complexity index is 1250. The topological polar surface area (TPSA) is 130 Å². The molecule has 12 heteroatoms. The van der Waals surface area contributed by atoms with E-state index in [2.05, 4.69) is 25.9 Å².